The van der Waals surface area contributed by atoms with Gasteiger partial charge in [-0.25, -0.2) is 0 Å². The van der Waals surface area contributed by atoms with Crippen molar-refractivity contribution in [2.24, 2.45) is 0 Å². The van der Waals surface area contributed by atoms with E-state index in [1.807, 2.05) is 85.1 Å². The van der Waals surface area contributed by atoms with Crippen LogP contribution in [0.1, 0.15) is 11.1 Å². The highest BCUT2D eigenvalue weighted by molar-refractivity contribution is 7.99. The van der Waals surface area contributed by atoms with Crippen molar-refractivity contribution >= 4 is 23.4 Å². The molecule has 0 spiro atoms. The molecule has 0 fully saturated rings. The van der Waals surface area contributed by atoms with Crippen LogP contribution in [0.25, 0.3) is 17.1 Å². The molecule has 0 bridgehead atoms. The van der Waals surface area contributed by atoms with Gasteiger partial charge in [-0.3, -0.25) is 9.36 Å². The molecule has 7 nitrogen and oxygen atoms in total. The maximum absolute atomic E-state index is 12.7. The fraction of sp³-hybridized carbons (Fsp3) is 0.192. The standard InChI is InChI=1S/C26H26N4O3S/c1-17-5-8-19(9-6-17)25-28-29-26(30(25)20-10-12-21(32-3)13-11-20)34-16-24(31)27-22-15-18(2)7-14-23(22)33-4/h5-15H,16H2,1-4H3,(H,27,31). The van der Waals surface area contributed by atoms with Crippen LogP contribution in [-0.4, -0.2) is 40.6 Å². The summed E-state index contributed by atoms with van der Waals surface area (Å²) < 4.78 is 12.6. The van der Waals surface area contributed by atoms with Crippen molar-refractivity contribution in [3.63, 3.8) is 0 Å². The Morgan fingerprint density at radius 3 is 2.29 bits per heavy atom. The zero-order valence-electron chi connectivity index (χ0n) is 19.5. The molecule has 0 saturated carbocycles. The third-order valence-electron chi connectivity index (χ3n) is 5.24. The van der Waals surface area contributed by atoms with Gasteiger partial charge in [-0.1, -0.05) is 47.7 Å². The number of hydrogen-bond acceptors (Lipinski definition) is 6. The minimum Gasteiger partial charge on any atom is -0.497 e. The Morgan fingerprint density at radius 1 is 0.912 bits per heavy atom. The van der Waals surface area contributed by atoms with Crippen molar-refractivity contribution < 1.29 is 14.3 Å². The number of thioether (sulfide) groups is 1. The number of nitrogens with one attached hydrogen (secondary N) is 1. The smallest absolute Gasteiger partial charge is 0.234 e. The molecule has 4 rings (SSSR count). The first kappa shape index (κ1) is 23.4. The molecule has 1 heterocycles. The summed E-state index contributed by atoms with van der Waals surface area (Å²) in [6.07, 6.45) is 0. The Hall–Kier alpha value is -3.78. The molecule has 0 atom stereocenters. The van der Waals surface area contributed by atoms with E-state index in [0.29, 0.717) is 22.4 Å². The van der Waals surface area contributed by atoms with Crippen LogP contribution >= 0.6 is 11.8 Å². The zero-order valence-corrected chi connectivity index (χ0v) is 20.3. The molecule has 34 heavy (non-hydrogen) atoms. The molecule has 1 aromatic heterocycles. The number of aryl methyl sites for hydroxylation is 2. The maximum Gasteiger partial charge on any atom is 0.234 e. The Kier molecular flexibility index (Phi) is 7.18. The average Bonchev–Trinajstić information content (AvgIpc) is 3.27. The lowest BCUT2D eigenvalue weighted by Crippen LogP contribution is -2.15. The van der Waals surface area contributed by atoms with Crippen LogP contribution in [-0.2, 0) is 4.79 Å². The summed E-state index contributed by atoms with van der Waals surface area (Å²) in [6.45, 7) is 4.01. The number of benzene rings is 3. The van der Waals surface area contributed by atoms with Gasteiger partial charge in [-0.2, -0.15) is 0 Å². The maximum atomic E-state index is 12.7. The number of ether oxygens (including phenoxy) is 2. The van der Waals surface area contributed by atoms with E-state index < -0.39 is 0 Å². The molecule has 0 aliphatic carbocycles. The number of rotatable bonds is 8. The molecule has 0 radical (unpaired) electrons. The number of amides is 1. The second-order valence-electron chi connectivity index (χ2n) is 7.75. The van der Waals surface area contributed by atoms with E-state index in [-0.39, 0.29) is 11.7 Å². The Labute approximate surface area is 203 Å². The number of aromatic nitrogens is 3. The van der Waals surface area contributed by atoms with E-state index in [2.05, 4.69) is 15.5 Å². The Balaban J connectivity index is 1.60. The van der Waals surface area contributed by atoms with E-state index >= 15 is 0 Å². The van der Waals surface area contributed by atoms with Gasteiger partial charge in [0.25, 0.3) is 0 Å². The van der Waals surface area contributed by atoms with Crippen molar-refractivity contribution in [2.45, 2.75) is 19.0 Å². The number of carbonyl (C=O) groups is 1. The van der Waals surface area contributed by atoms with Gasteiger partial charge >= 0.3 is 0 Å². The molecule has 0 saturated heterocycles. The van der Waals surface area contributed by atoms with Crippen molar-refractivity contribution in [1.82, 2.24) is 14.8 Å². The minimum atomic E-state index is -0.157. The summed E-state index contributed by atoms with van der Waals surface area (Å²) in [5, 5.41) is 12.4. The lowest BCUT2D eigenvalue weighted by molar-refractivity contribution is -0.113. The number of anilines is 1. The van der Waals surface area contributed by atoms with Crippen LogP contribution in [0.5, 0.6) is 11.5 Å². The minimum absolute atomic E-state index is 0.157. The summed E-state index contributed by atoms with van der Waals surface area (Å²) in [5.41, 5.74) is 4.66. The first-order valence-corrected chi connectivity index (χ1v) is 11.7. The third kappa shape index (κ3) is 5.23. The Bertz CT molecular complexity index is 1280. The van der Waals surface area contributed by atoms with Gasteiger partial charge in [0.2, 0.25) is 5.91 Å². The van der Waals surface area contributed by atoms with E-state index in [4.69, 9.17) is 9.47 Å². The van der Waals surface area contributed by atoms with Crippen molar-refractivity contribution in [3.05, 3.63) is 77.9 Å². The monoisotopic (exact) mass is 474 g/mol. The average molecular weight is 475 g/mol. The van der Waals surface area contributed by atoms with E-state index in [9.17, 15) is 4.79 Å². The molecular weight excluding hydrogens is 448 g/mol. The van der Waals surface area contributed by atoms with Crippen molar-refractivity contribution in [2.75, 3.05) is 25.3 Å². The predicted molar refractivity (Wildman–Crippen MR) is 135 cm³/mol. The van der Waals surface area contributed by atoms with Crippen LogP contribution in [0.4, 0.5) is 5.69 Å². The van der Waals surface area contributed by atoms with Gasteiger partial charge in [-0.15, -0.1) is 10.2 Å². The highest BCUT2D eigenvalue weighted by Crippen LogP contribution is 2.30. The molecule has 0 unspecified atom stereocenters. The summed E-state index contributed by atoms with van der Waals surface area (Å²) in [5.74, 6) is 2.09. The molecule has 4 aromatic rings. The highest BCUT2D eigenvalue weighted by Gasteiger charge is 2.18. The van der Waals surface area contributed by atoms with E-state index in [1.165, 1.54) is 11.8 Å². The van der Waals surface area contributed by atoms with Crippen LogP contribution in [0.2, 0.25) is 0 Å². The summed E-state index contributed by atoms with van der Waals surface area (Å²) >= 11 is 1.32. The molecular formula is C26H26N4O3S. The molecule has 3 aromatic carbocycles. The van der Waals surface area contributed by atoms with Gasteiger partial charge in [0, 0.05) is 11.3 Å². The van der Waals surface area contributed by atoms with Gasteiger partial charge < -0.3 is 14.8 Å². The van der Waals surface area contributed by atoms with Gasteiger partial charge in [0.1, 0.15) is 11.5 Å². The molecule has 0 aliphatic heterocycles. The van der Waals surface area contributed by atoms with Gasteiger partial charge in [0.05, 0.1) is 25.7 Å². The molecule has 174 valence electrons. The van der Waals surface area contributed by atoms with Gasteiger partial charge in [0.15, 0.2) is 11.0 Å². The highest BCUT2D eigenvalue weighted by atomic mass is 32.2. The zero-order chi connectivity index (χ0) is 24.1. The van der Waals surface area contributed by atoms with E-state index in [1.54, 1.807) is 14.2 Å². The summed E-state index contributed by atoms with van der Waals surface area (Å²) in [7, 11) is 3.22. The SMILES string of the molecule is COc1ccc(-n2c(SCC(=O)Nc3cc(C)ccc3OC)nnc2-c2ccc(C)cc2)cc1. The van der Waals surface area contributed by atoms with Crippen LogP contribution < -0.4 is 14.8 Å². The van der Waals surface area contributed by atoms with Crippen molar-refractivity contribution in [1.29, 1.82) is 0 Å². The second-order valence-corrected chi connectivity index (χ2v) is 8.69. The topological polar surface area (TPSA) is 78.3 Å². The predicted octanol–water partition coefficient (Wildman–Crippen LogP) is 5.30. The van der Waals surface area contributed by atoms with Crippen LogP contribution in [0, 0.1) is 13.8 Å². The molecule has 8 heteroatoms. The number of carbonyl (C=O) groups excluding carboxylic acids is 1. The lowest BCUT2D eigenvalue weighted by atomic mass is 10.1. The first-order chi connectivity index (χ1) is 16.5. The fourth-order valence-electron chi connectivity index (χ4n) is 3.45. The second kappa shape index (κ2) is 10.4. The number of methoxy groups -OCH3 is 2. The Morgan fingerprint density at radius 2 is 1.62 bits per heavy atom. The third-order valence-corrected chi connectivity index (χ3v) is 6.16. The molecule has 1 amide bonds. The summed E-state index contributed by atoms with van der Waals surface area (Å²) in [6, 6.07) is 21.4. The summed E-state index contributed by atoms with van der Waals surface area (Å²) in [4.78, 5) is 12.7. The molecule has 0 aliphatic rings. The first-order valence-electron chi connectivity index (χ1n) is 10.7. The van der Waals surface area contributed by atoms with Crippen molar-refractivity contribution in [3.8, 4) is 28.6 Å². The number of hydrogen-bond donors (Lipinski definition) is 1. The largest absolute Gasteiger partial charge is 0.497 e. The normalized spacial score (nSPS) is 10.7. The van der Waals surface area contributed by atoms with E-state index in [0.717, 1.165) is 28.1 Å². The van der Waals surface area contributed by atoms with Gasteiger partial charge in [-0.05, 0) is 55.8 Å². The fourth-order valence-corrected chi connectivity index (χ4v) is 4.20. The number of nitrogens with zero attached hydrogens (tertiary/aromatic N) is 3. The van der Waals surface area contributed by atoms with Crippen LogP contribution in [0.3, 0.4) is 0 Å². The molecule has 1 N–H and O–H groups in total. The quantitative estimate of drug-likeness (QED) is 0.349. The van der Waals surface area contributed by atoms with Crippen LogP contribution in [0.15, 0.2) is 71.9 Å². The lowest BCUT2D eigenvalue weighted by Gasteiger charge is -2.12.